The van der Waals surface area contributed by atoms with Crippen LogP contribution >= 0.6 is 11.8 Å². The summed E-state index contributed by atoms with van der Waals surface area (Å²) < 4.78 is 5.15. The number of amides is 1. The minimum Gasteiger partial charge on any atom is -0.462 e. The Bertz CT molecular complexity index is 838. The molecule has 2 aromatic rings. The van der Waals surface area contributed by atoms with Crippen molar-refractivity contribution in [2.75, 3.05) is 17.7 Å². The largest absolute Gasteiger partial charge is 0.462 e. The molecule has 0 unspecified atom stereocenters. The van der Waals surface area contributed by atoms with Gasteiger partial charge in [-0.2, -0.15) is 10.1 Å². The fourth-order valence-electron chi connectivity index (χ4n) is 1.96. The van der Waals surface area contributed by atoms with E-state index in [1.54, 1.807) is 31.2 Å². The van der Waals surface area contributed by atoms with Crippen molar-refractivity contribution >= 4 is 29.3 Å². The van der Waals surface area contributed by atoms with Gasteiger partial charge in [0.15, 0.2) is 0 Å². The third kappa shape index (κ3) is 5.99. The van der Waals surface area contributed by atoms with Crippen molar-refractivity contribution in [3.05, 3.63) is 46.0 Å². The zero-order valence-corrected chi connectivity index (χ0v) is 15.4. The van der Waals surface area contributed by atoms with Crippen molar-refractivity contribution in [2.45, 2.75) is 31.7 Å². The molecule has 2 N–H and O–H groups in total. The van der Waals surface area contributed by atoms with Crippen LogP contribution in [-0.2, 0) is 9.53 Å². The number of benzene rings is 1. The highest BCUT2D eigenvalue weighted by molar-refractivity contribution is 8.00. The average molecular weight is 376 g/mol. The minimum absolute atomic E-state index is 0.0597. The van der Waals surface area contributed by atoms with E-state index in [2.05, 4.69) is 20.5 Å². The topological polar surface area (TPSA) is 114 Å². The van der Waals surface area contributed by atoms with E-state index in [0.717, 1.165) is 24.6 Å². The van der Waals surface area contributed by atoms with E-state index in [-0.39, 0.29) is 11.7 Å². The van der Waals surface area contributed by atoms with Gasteiger partial charge in [-0.15, -0.1) is 0 Å². The molecular weight excluding hydrogens is 356 g/mol. The number of hydrogen-bond donors (Lipinski definition) is 2. The number of aromatic nitrogens is 3. The van der Waals surface area contributed by atoms with E-state index in [1.807, 2.05) is 6.92 Å². The second-order valence-electron chi connectivity index (χ2n) is 5.44. The second kappa shape index (κ2) is 9.71. The van der Waals surface area contributed by atoms with Crippen molar-refractivity contribution in [1.29, 1.82) is 0 Å². The SMILES string of the molecule is CCCCOC(=O)c1cccc(NC(=O)CSc2nc(=O)[nH]nc2C)c1. The number of aromatic amines is 1. The monoisotopic (exact) mass is 376 g/mol. The number of nitrogens with one attached hydrogen (secondary N) is 2. The zero-order valence-electron chi connectivity index (χ0n) is 14.6. The Morgan fingerprint density at radius 2 is 2.15 bits per heavy atom. The van der Waals surface area contributed by atoms with E-state index in [4.69, 9.17) is 4.74 Å². The van der Waals surface area contributed by atoms with Crippen LogP contribution in [0.2, 0.25) is 0 Å². The summed E-state index contributed by atoms with van der Waals surface area (Å²) in [6, 6.07) is 6.55. The lowest BCUT2D eigenvalue weighted by Gasteiger charge is -2.08. The standard InChI is InChI=1S/C17H20N4O4S/c1-3-4-8-25-16(23)12-6-5-7-13(9-12)18-14(22)10-26-15-11(2)20-21-17(24)19-15/h5-7,9H,3-4,8,10H2,1-2H3,(H,18,22)(H,19,21,24). The molecule has 0 radical (unpaired) electrons. The van der Waals surface area contributed by atoms with Gasteiger partial charge < -0.3 is 10.1 Å². The smallest absolute Gasteiger partial charge is 0.362 e. The first-order chi connectivity index (χ1) is 12.5. The number of H-pyrrole nitrogens is 1. The van der Waals surface area contributed by atoms with Gasteiger partial charge in [0, 0.05) is 5.69 Å². The second-order valence-corrected chi connectivity index (χ2v) is 6.40. The summed E-state index contributed by atoms with van der Waals surface area (Å²) in [4.78, 5) is 39.0. The van der Waals surface area contributed by atoms with Gasteiger partial charge in [-0.3, -0.25) is 4.79 Å². The highest BCUT2D eigenvalue weighted by atomic mass is 32.2. The highest BCUT2D eigenvalue weighted by Crippen LogP contribution is 2.17. The molecule has 0 aliphatic heterocycles. The maximum atomic E-state index is 12.1. The molecule has 0 bridgehead atoms. The Balaban J connectivity index is 1.92. The fraction of sp³-hybridized carbons (Fsp3) is 0.353. The van der Waals surface area contributed by atoms with Crippen LogP contribution in [0.15, 0.2) is 34.1 Å². The number of hydrogen-bond acceptors (Lipinski definition) is 7. The van der Waals surface area contributed by atoms with Crippen LogP contribution in [0.3, 0.4) is 0 Å². The molecule has 0 fully saturated rings. The van der Waals surface area contributed by atoms with Crippen molar-refractivity contribution in [3.63, 3.8) is 0 Å². The van der Waals surface area contributed by atoms with Gasteiger partial charge in [0.25, 0.3) is 0 Å². The van der Waals surface area contributed by atoms with Crippen LogP contribution in [-0.4, -0.2) is 39.4 Å². The molecule has 1 heterocycles. The number of ether oxygens (including phenoxy) is 1. The summed E-state index contributed by atoms with van der Waals surface area (Å²) in [6.07, 6.45) is 1.75. The van der Waals surface area contributed by atoms with Crippen LogP contribution in [0.5, 0.6) is 0 Å². The molecule has 1 aromatic heterocycles. The predicted octanol–water partition coefficient (Wildman–Crippen LogP) is 2.16. The summed E-state index contributed by atoms with van der Waals surface area (Å²) in [7, 11) is 0. The van der Waals surface area contributed by atoms with Gasteiger partial charge in [0.2, 0.25) is 5.91 Å². The minimum atomic E-state index is -0.562. The molecule has 1 amide bonds. The number of rotatable bonds is 8. The maximum absolute atomic E-state index is 12.1. The molecule has 138 valence electrons. The molecule has 1 aromatic carbocycles. The van der Waals surface area contributed by atoms with Crippen LogP contribution in [0.4, 0.5) is 5.69 Å². The van der Waals surface area contributed by atoms with Crippen molar-refractivity contribution in [3.8, 4) is 0 Å². The first-order valence-corrected chi connectivity index (χ1v) is 9.11. The molecule has 0 saturated heterocycles. The molecule has 0 saturated carbocycles. The summed E-state index contributed by atoms with van der Waals surface area (Å²) in [6.45, 7) is 4.08. The Kier molecular flexibility index (Phi) is 7.34. The van der Waals surface area contributed by atoms with E-state index < -0.39 is 11.7 Å². The normalized spacial score (nSPS) is 10.4. The molecular formula is C17H20N4O4S. The number of nitrogens with zero attached hydrogens (tertiary/aromatic N) is 2. The van der Waals surface area contributed by atoms with Crippen LogP contribution in [0, 0.1) is 6.92 Å². The van der Waals surface area contributed by atoms with Gasteiger partial charge in [0.1, 0.15) is 5.03 Å². The van der Waals surface area contributed by atoms with Gasteiger partial charge in [-0.05, 0) is 31.5 Å². The van der Waals surface area contributed by atoms with Gasteiger partial charge >= 0.3 is 11.7 Å². The Labute approximate surface area is 154 Å². The molecule has 0 aliphatic rings. The summed E-state index contributed by atoms with van der Waals surface area (Å²) >= 11 is 1.12. The number of carbonyl (C=O) groups is 2. The molecule has 8 nitrogen and oxygen atoms in total. The molecule has 0 atom stereocenters. The Morgan fingerprint density at radius 3 is 2.92 bits per heavy atom. The van der Waals surface area contributed by atoms with Gasteiger partial charge in [0.05, 0.1) is 23.6 Å². The number of aryl methyl sites for hydroxylation is 1. The van der Waals surface area contributed by atoms with Crippen molar-refractivity contribution < 1.29 is 14.3 Å². The molecule has 2 rings (SSSR count). The summed E-state index contributed by atoms with van der Waals surface area (Å²) in [5.41, 5.74) is 0.851. The lowest BCUT2D eigenvalue weighted by atomic mass is 10.2. The molecule has 9 heteroatoms. The number of thioether (sulfide) groups is 1. The van der Waals surface area contributed by atoms with Crippen molar-refractivity contribution in [2.24, 2.45) is 0 Å². The third-order valence-electron chi connectivity index (χ3n) is 3.28. The molecule has 0 aliphatic carbocycles. The van der Waals surface area contributed by atoms with Gasteiger partial charge in [-0.1, -0.05) is 31.2 Å². The maximum Gasteiger partial charge on any atom is 0.362 e. The number of esters is 1. The lowest BCUT2D eigenvalue weighted by molar-refractivity contribution is -0.113. The number of anilines is 1. The van der Waals surface area contributed by atoms with Crippen LogP contribution in [0.25, 0.3) is 0 Å². The van der Waals surface area contributed by atoms with E-state index >= 15 is 0 Å². The average Bonchev–Trinajstić information content (AvgIpc) is 2.63. The van der Waals surface area contributed by atoms with E-state index in [0.29, 0.717) is 28.6 Å². The Morgan fingerprint density at radius 1 is 1.35 bits per heavy atom. The van der Waals surface area contributed by atoms with Gasteiger partial charge in [-0.25, -0.2) is 14.7 Å². The summed E-state index contributed by atoms with van der Waals surface area (Å²) in [5.74, 6) is -0.643. The van der Waals surface area contributed by atoms with E-state index in [1.165, 1.54) is 0 Å². The molecule has 26 heavy (non-hydrogen) atoms. The summed E-state index contributed by atoms with van der Waals surface area (Å²) in [5, 5.41) is 9.13. The number of unbranched alkanes of at least 4 members (excludes halogenated alkanes) is 1. The Hall–Kier alpha value is -2.68. The lowest BCUT2D eigenvalue weighted by Crippen LogP contribution is -2.17. The highest BCUT2D eigenvalue weighted by Gasteiger charge is 2.11. The van der Waals surface area contributed by atoms with Crippen molar-refractivity contribution in [1.82, 2.24) is 15.2 Å². The van der Waals surface area contributed by atoms with Crippen LogP contribution < -0.4 is 11.0 Å². The number of carbonyl (C=O) groups excluding carboxylic acids is 2. The quantitative estimate of drug-likeness (QED) is 0.412. The fourth-order valence-corrected chi connectivity index (χ4v) is 2.70. The predicted molar refractivity (Wildman–Crippen MR) is 98.4 cm³/mol. The first-order valence-electron chi connectivity index (χ1n) is 8.12. The first kappa shape index (κ1) is 19.6. The third-order valence-corrected chi connectivity index (χ3v) is 4.35. The molecule has 0 spiro atoms. The zero-order chi connectivity index (χ0) is 18.9. The van der Waals surface area contributed by atoms with E-state index in [9.17, 15) is 14.4 Å². The van der Waals surface area contributed by atoms with Crippen LogP contribution in [0.1, 0.15) is 35.8 Å².